The maximum Gasteiger partial charge on any atom is 0.256 e. The third-order valence-corrected chi connectivity index (χ3v) is 3.10. The lowest BCUT2D eigenvalue weighted by Gasteiger charge is -2.07. The second kappa shape index (κ2) is 4.61. The third-order valence-electron chi connectivity index (χ3n) is 3.10. The molecule has 1 amide bonds. The molecule has 0 radical (unpaired) electrons. The predicted molar refractivity (Wildman–Crippen MR) is 72.5 cm³/mol. The van der Waals surface area contributed by atoms with Crippen molar-refractivity contribution in [2.75, 3.05) is 17.2 Å². The van der Waals surface area contributed by atoms with Crippen LogP contribution in [-0.4, -0.2) is 22.5 Å². The number of pyridine rings is 1. The molecule has 3 rings (SSSR count). The Hall–Kier alpha value is -2.56. The number of fused-ring (bicyclic) bond motifs is 1. The Balaban J connectivity index is 1.83. The molecule has 1 aromatic carbocycles. The number of rotatable bonds is 2. The average molecular weight is 255 g/mol. The van der Waals surface area contributed by atoms with Crippen LogP contribution in [0.2, 0.25) is 0 Å². The van der Waals surface area contributed by atoms with Gasteiger partial charge in [0.2, 0.25) is 0 Å². The summed E-state index contributed by atoms with van der Waals surface area (Å²) in [7, 11) is 0. The zero-order valence-electron chi connectivity index (χ0n) is 10.2. The molecule has 0 saturated heterocycles. The number of aromatic nitrogens is 1. The van der Waals surface area contributed by atoms with Crippen molar-refractivity contribution < 1.29 is 9.90 Å². The number of benzene rings is 1. The van der Waals surface area contributed by atoms with Crippen LogP contribution in [0.3, 0.4) is 0 Å². The maximum absolute atomic E-state index is 12.1. The van der Waals surface area contributed by atoms with Crippen molar-refractivity contribution in [2.45, 2.75) is 6.42 Å². The molecule has 0 bridgehead atoms. The zero-order chi connectivity index (χ0) is 13.2. The maximum atomic E-state index is 12.1. The highest BCUT2D eigenvalue weighted by Gasteiger charge is 2.14. The Bertz CT molecular complexity index is 640. The molecule has 19 heavy (non-hydrogen) atoms. The van der Waals surface area contributed by atoms with Gasteiger partial charge in [-0.15, -0.1) is 0 Å². The van der Waals surface area contributed by atoms with Gasteiger partial charge in [-0.05, 0) is 42.3 Å². The van der Waals surface area contributed by atoms with Crippen LogP contribution in [0.15, 0.2) is 36.5 Å². The molecule has 3 N–H and O–H groups in total. The Labute approximate surface area is 110 Å². The standard InChI is InChI=1S/C14H13N3O2/c18-12-2-1-6-16-13(12)17-14(19)10-3-4-11-9(8-10)5-7-15-11/h1-4,6,8,15,18H,5,7H2,(H,16,17,19). The number of anilines is 2. The fourth-order valence-electron chi connectivity index (χ4n) is 2.12. The number of carbonyl (C=O) groups is 1. The lowest BCUT2D eigenvalue weighted by molar-refractivity contribution is 0.102. The van der Waals surface area contributed by atoms with Crippen molar-refractivity contribution in [1.29, 1.82) is 0 Å². The Kier molecular flexibility index (Phi) is 2.79. The molecule has 0 saturated carbocycles. The van der Waals surface area contributed by atoms with Crippen LogP contribution in [-0.2, 0) is 6.42 Å². The first-order valence-corrected chi connectivity index (χ1v) is 6.06. The van der Waals surface area contributed by atoms with Crippen LogP contribution in [0.1, 0.15) is 15.9 Å². The van der Waals surface area contributed by atoms with E-state index >= 15 is 0 Å². The van der Waals surface area contributed by atoms with Crippen LogP contribution in [0.5, 0.6) is 5.75 Å². The van der Waals surface area contributed by atoms with Gasteiger partial charge >= 0.3 is 0 Å². The summed E-state index contributed by atoms with van der Waals surface area (Å²) in [6, 6.07) is 8.61. The zero-order valence-corrected chi connectivity index (χ0v) is 10.2. The van der Waals surface area contributed by atoms with E-state index in [9.17, 15) is 9.90 Å². The Morgan fingerprint density at radius 3 is 3.11 bits per heavy atom. The van der Waals surface area contributed by atoms with E-state index in [-0.39, 0.29) is 17.5 Å². The van der Waals surface area contributed by atoms with Gasteiger partial charge in [-0.1, -0.05) is 0 Å². The van der Waals surface area contributed by atoms with E-state index in [1.807, 2.05) is 12.1 Å². The summed E-state index contributed by atoms with van der Waals surface area (Å²) in [4.78, 5) is 16.0. The van der Waals surface area contributed by atoms with Crippen LogP contribution in [0, 0.1) is 0 Å². The molecule has 5 nitrogen and oxygen atoms in total. The molecule has 2 aromatic rings. The second-order valence-electron chi connectivity index (χ2n) is 4.37. The highest BCUT2D eigenvalue weighted by molar-refractivity contribution is 6.04. The van der Waals surface area contributed by atoms with E-state index in [1.54, 1.807) is 12.1 Å². The summed E-state index contributed by atoms with van der Waals surface area (Å²) in [5.41, 5.74) is 2.78. The molecule has 1 aliphatic heterocycles. The molecule has 0 spiro atoms. The lowest BCUT2D eigenvalue weighted by atomic mass is 10.1. The van der Waals surface area contributed by atoms with Crippen molar-refractivity contribution in [1.82, 2.24) is 4.98 Å². The molecule has 1 aliphatic rings. The van der Waals surface area contributed by atoms with E-state index in [0.717, 1.165) is 24.2 Å². The summed E-state index contributed by atoms with van der Waals surface area (Å²) in [6.07, 6.45) is 2.44. The van der Waals surface area contributed by atoms with Gasteiger partial charge in [-0.3, -0.25) is 4.79 Å². The summed E-state index contributed by atoms with van der Waals surface area (Å²) in [5, 5.41) is 15.4. The Morgan fingerprint density at radius 2 is 2.26 bits per heavy atom. The van der Waals surface area contributed by atoms with Gasteiger partial charge in [0.15, 0.2) is 11.6 Å². The Morgan fingerprint density at radius 1 is 1.37 bits per heavy atom. The van der Waals surface area contributed by atoms with Gasteiger partial charge in [-0.25, -0.2) is 4.98 Å². The number of amides is 1. The largest absolute Gasteiger partial charge is 0.504 e. The van der Waals surface area contributed by atoms with Crippen LogP contribution >= 0.6 is 0 Å². The van der Waals surface area contributed by atoms with Crippen molar-refractivity contribution in [3.05, 3.63) is 47.7 Å². The molecule has 0 fully saturated rings. The predicted octanol–water partition coefficient (Wildman–Crippen LogP) is 2.01. The highest BCUT2D eigenvalue weighted by atomic mass is 16.3. The molecule has 1 aromatic heterocycles. The SMILES string of the molecule is O=C(Nc1ncccc1O)c1ccc2c(c1)CCN2. The minimum absolute atomic E-state index is 0.0429. The van der Waals surface area contributed by atoms with E-state index in [4.69, 9.17) is 0 Å². The van der Waals surface area contributed by atoms with Gasteiger partial charge in [0.25, 0.3) is 5.91 Å². The first-order valence-electron chi connectivity index (χ1n) is 6.06. The molecule has 2 heterocycles. The minimum atomic E-state index is -0.274. The minimum Gasteiger partial charge on any atom is -0.504 e. The van der Waals surface area contributed by atoms with Crippen molar-refractivity contribution in [3.63, 3.8) is 0 Å². The molecule has 5 heteroatoms. The van der Waals surface area contributed by atoms with Gasteiger partial charge in [0.05, 0.1) is 0 Å². The van der Waals surface area contributed by atoms with E-state index in [0.29, 0.717) is 5.56 Å². The number of hydrogen-bond acceptors (Lipinski definition) is 4. The van der Waals surface area contributed by atoms with Crippen molar-refractivity contribution in [3.8, 4) is 5.75 Å². The summed E-state index contributed by atoms with van der Waals surface area (Å²) in [5.74, 6) is -0.145. The average Bonchev–Trinajstić information content (AvgIpc) is 2.88. The van der Waals surface area contributed by atoms with Gasteiger partial charge in [0.1, 0.15) is 0 Å². The van der Waals surface area contributed by atoms with Gasteiger partial charge < -0.3 is 15.7 Å². The monoisotopic (exact) mass is 255 g/mol. The highest BCUT2D eigenvalue weighted by Crippen LogP contribution is 2.24. The van der Waals surface area contributed by atoms with E-state index < -0.39 is 0 Å². The third kappa shape index (κ3) is 2.22. The molecular formula is C14H13N3O2. The van der Waals surface area contributed by atoms with Gasteiger partial charge in [0, 0.05) is 24.0 Å². The lowest BCUT2D eigenvalue weighted by Crippen LogP contribution is -2.13. The summed E-state index contributed by atoms with van der Waals surface area (Å²) >= 11 is 0. The van der Waals surface area contributed by atoms with E-state index in [2.05, 4.69) is 15.6 Å². The molecule has 0 aliphatic carbocycles. The number of nitrogens with one attached hydrogen (secondary N) is 2. The van der Waals surface area contributed by atoms with E-state index in [1.165, 1.54) is 12.3 Å². The summed E-state index contributed by atoms with van der Waals surface area (Å²) < 4.78 is 0. The number of carbonyl (C=O) groups excluding carboxylic acids is 1. The topological polar surface area (TPSA) is 74.2 Å². The number of hydrogen-bond donors (Lipinski definition) is 3. The number of nitrogens with zero attached hydrogens (tertiary/aromatic N) is 1. The van der Waals surface area contributed by atoms with Gasteiger partial charge in [-0.2, -0.15) is 0 Å². The fourth-order valence-corrected chi connectivity index (χ4v) is 2.12. The first-order chi connectivity index (χ1) is 9.24. The molecule has 96 valence electrons. The normalized spacial score (nSPS) is 12.6. The smallest absolute Gasteiger partial charge is 0.256 e. The first kappa shape index (κ1) is 11.5. The molecule has 0 unspecified atom stereocenters. The van der Waals surface area contributed by atoms with Crippen LogP contribution in [0.25, 0.3) is 0 Å². The molecule has 0 atom stereocenters. The number of aromatic hydroxyl groups is 1. The van der Waals surface area contributed by atoms with Crippen LogP contribution < -0.4 is 10.6 Å². The summed E-state index contributed by atoms with van der Waals surface area (Å²) in [6.45, 7) is 0.904. The molecular weight excluding hydrogens is 242 g/mol. The van der Waals surface area contributed by atoms with Crippen molar-refractivity contribution in [2.24, 2.45) is 0 Å². The fraction of sp³-hybridized carbons (Fsp3) is 0.143. The van der Waals surface area contributed by atoms with Crippen LogP contribution in [0.4, 0.5) is 11.5 Å². The van der Waals surface area contributed by atoms with Crippen molar-refractivity contribution >= 4 is 17.4 Å². The quantitative estimate of drug-likeness (QED) is 0.767. The second-order valence-corrected chi connectivity index (χ2v) is 4.37.